The first kappa shape index (κ1) is 20.5. The Balaban J connectivity index is 1.42. The highest BCUT2D eigenvalue weighted by molar-refractivity contribution is 7.99. The summed E-state index contributed by atoms with van der Waals surface area (Å²) in [5.74, 6) is 1.22. The summed E-state index contributed by atoms with van der Waals surface area (Å²) >= 11 is 1.51. The Labute approximate surface area is 166 Å². The molecule has 2 N–H and O–H groups in total. The molecule has 1 aromatic heterocycles. The fourth-order valence-corrected chi connectivity index (χ4v) is 3.59. The standard InChI is InChI=1S/C19H22F3N5S/c20-19(21,22)15-4-3-5-16(14-15)27-11-9-26(10-12-27)8-1-2-13-28-18-24-7-6-17(23)25-18/h1-7,14H,8-13H2,(H2,23,24,25). The van der Waals surface area contributed by atoms with Crippen molar-refractivity contribution in [3.63, 3.8) is 0 Å². The van der Waals surface area contributed by atoms with E-state index in [-0.39, 0.29) is 0 Å². The first-order valence-corrected chi connectivity index (χ1v) is 9.91. The van der Waals surface area contributed by atoms with Crippen LogP contribution >= 0.6 is 11.8 Å². The number of piperazine rings is 1. The average molecular weight is 409 g/mol. The van der Waals surface area contributed by atoms with Crippen LogP contribution in [-0.4, -0.2) is 53.3 Å². The molecule has 1 aromatic carbocycles. The van der Waals surface area contributed by atoms with Gasteiger partial charge in [0.05, 0.1) is 5.56 Å². The average Bonchev–Trinajstić information content (AvgIpc) is 2.68. The van der Waals surface area contributed by atoms with Crippen molar-refractivity contribution in [2.75, 3.05) is 49.1 Å². The van der Waals surface area contributed by atoms with Crippen LogP contribution < -0.4 is 10.6 Å². The highest BCUT2D eigenvalue weighted by atomic mass is 32.2. The van der Waals surface area contributed by atoms with Crippen molar-refractivity contribution in [2.24, 2.45) is 0 Å². The van der Waals surface area contributed by atoms with Gasteiger partial charge in [0.1, 0.15) is 5.82 Å². The van der Waals surface area contributed by atoms with Crippen LogP contribution in [0.3, 0.4) is 0 Å². The molecule has 3 rings (SSSR count). The second-order valence-corrected chi connectivity index (χ2v) is 7.37. The molecule has 0 atom stereocenters. The maximum Gasteiger partial charge on any atom is 0.416 e. The second kappa shape index (κ2) is 9.29. The molecule has 0 saturated carbocycles. The summed E-state index contributed by atoms with van der Waals surface area (Å²) < 4.78 is 38.6. The molecular weight excluding hydrogens is 387 g/mol. The quantitative estimate of drug-likeness (QED) is 0.447. The molecule has 0 unspecified atom stereocenters. The fraction of sp³-hybridized carbons (Fsp3) is 0.368. The number of rotatable bonds is 6. The number of nitrogen functional groups attached to an aromatic ring is 1. The number of nitrogens with zero attached hydrogens (tertiary/aromatic N) is 4. The highest BCUT2D eigenvalue weighted by Gasteiger charge is 2.31. The van der Waals surface area contributed by atoms with Crippen molar-refractivity contribution < 1.29 is 13.2 Å². The summed E-state index contributed by atoms with van der Waals surface area (Å²) in [5, 5.41) is 0.652. The van der Waals surface area contributed by atoms with Crippen LogP contribution in [0.25, 0.3) is 0 Å². The number of hydrogen-bond acceptors (Lipinski definition) is 6. The highest BCUT2D eigenvalue weighted by Crippen LogP contribution is 2.31. The molecule has 28 heavy (non-hydrogen) atoms. The number of aromatic nitrogens is 2. The number of anilines is 2. The second-order valence-electron chi connectivity index (χ2n) is 6.38. The van der Waals surface area contributed by atoms with E-state index in [1.54, 1.807) is 18.3 Å². The van der Waals surface area contributed by atoms with Crippen molar-refractivity contribution >= 4 is 23.3 Å². The van der Waals surface area contributed by atoms with Crippen LogP contribution in [0.15, 0.2) is 53.8 Å². The first-order valence-electron chi connectivity index (χ1n) is 8.93. The van der Waals surface area contributed by atoms with Gasteiger partial charge >= 0.3 is 6.18 Å². The predicted molar refractivity (Wildman–Crippen MR) is 106 cm³/mol. The Morgan fingerprint density at radius 2 is 1.89 bits per heavy atom. The topological polar surface area (TPSA) is 58.3 Å². The van der Waals surface area contributed by atoms with E-state index in [2.05, 4.69) is 27.0 Å². The van der Waals surface area contributed by atoms with Gasteiger partial charge in [-0.05, 0) is 24.3 Å². The van der Waals surface area contributed by atoms with Crippen molar-refractivity contribution in [2.45, 2.75) is 11.3 Å². The third-order valence-corrected chi connectivity index (χ3v) is 5.22. The zero-order valence-corrected chi connectivity index (χ0v) is 16.1. The van der Waals surface area contributed by atoms with Gasteiger partial charge in [-0.1, -0.05) is 30.0 Å². The van der Waals surface area contributed by atoms with E-state index < -0.39 is 11.7 Å². The third-order valence-electron chi connectivity index (χ3n) is 4.40. The van der Waals surface area contributed by atoms with Crippen LogP contribution in [-0.2, 0) is 6.18 Å². The minimum atomic E-state index is -4.31. The molecule has 0 amide bonds. The van der Waals surface area contributed by atoms with E-state index in [9.17, 15) is 13.2 Å². The maximum atomic E-state index is 12.9. The van der Waals surface area contributed by atoms with Crippen molar-refractivity contribution in [1.29, 1.82) is 0 Å². The number of nitrogens with two attached hydrogens (primary N) is 1. The molecule has 1 aliphatic heterocycles. The molecular formula is C19H22F3N5S. The lowest BCUT2D eigenvalue weighted by atomic mass is 10.1. The van der Waals surface area contributed by atoms with Crippen LogP contribution in [0.4, 0.5) is 24.7 Å². The number of alkyl halides is 3. The molecule has 0 spiro atoms. The molecule has 1 aliphatic rings. The number of thioether (sulfide) groups is 1. The van der Waals surface area contributed by atoms with Crippen LogP contribution in [0.1, 0.15) is 5.56 Å². The lowest BCUT2D eigenvalue weighted by molar-refractivity contribution is -0.137. The molecule has 0 aliphatic carbocycles. The minimum Gasteiger partial charge on any atom is -0.384 e. The Kier molecular flexibility index (Phi) is 6.79. The molecule has 1 saturated heterocycles. The van der Waals surface area contributed by atoms with Gasteiger partial charge in [-0.2, -0.15) is 13.2 Å². The van der Waals surface area contributed by atoms with E-state index in [1.807, 2.05) is 4.90 Å². The van der Waals surface area contributed by atoms with Gasteiger partial charge < -0.3 is 10.6 Å². The van der Waals surface area contributed by atoms with Gasteiger partial charge in [0.2, 0.25) is 0 Å². The number of halogens is 3. The van der Waals surface area contributed by atoms with Gasteiger partial charge in [-0.3, -0.25) is 4.90 Å². The summed E-state index contributed by atoms with van der Waals surface area (Å²) in [6.07, 6.45) is 1.49. The largest absolute Gasteiger partial charge is 0.416 e. The SMILES string of the molecule is Nc1ccnc(SCC=CCN2CCN(c3cccc(C(F)(F)F)c3)CC2)n1. The summed E-state index contributed by atoms with van der Waals surface area (Å²) in [4.78, 5) is 12.5. The zero-order valence-electron chi connectivity index (χ0n) is 15.3. The molecule has 1 fully saturated rings. The van der Waals surface area contributed by atoms with Crippen molar-refractivity contribution in [3.8, 4) is 0 Å². The number of hydrogen-bond donors (Lipinski definition) is 1. The van der Waals surface area contributed by atoms with Crippen LogP contribution in [0.5, 0.6) is 0 Å². The Morgan fingerprint density at radius 3 is 2.61 bits per heavy atom. The van der Waals surface area contributed by atoms with E-state index in [4.69, 9.17) is 5.73 Å². The summed E-state index contributed by atoms with van der Waals surface area (Å²) in [5.41, 5.74) is 5.65. The van der Waals surface area contributed by atoms with Crippen LogP contribution in [0, 0.1) is 0 Å². The van der Waals surface area contributed by atoms with E-state index in [1.165, 1.54) is 23.9 Å². The first-order chi connectivity index (χ1) is 13.4. The maximum absolute atomic E-state index is 12.9. The predicted octanol–water partition coefficient (Wildman–Crippen LogP) is 3.55. The van der Waals surface area contributed by atoms with Crippen LogP contribution in [0.2, 0.25) is 0 Å². The van der Waals surface area contributed by atoms with Gasteiger partial charge in [-0.25, -0.2) is 9.97 Å². The monoisotopic (exact) mass is 409 g/mol. The summed E-state index contributed by atoms with van der Waals surface area (Å²) in [6, 6.07) is 7.19. The van der Waals surface area contributed by atoms with E-state index >= 15 is 0 Å². The molecule has 2 aromatic rings. The molecule has 5 nitrogen and oxygen atoms in total. The minimum absolute atomic E-state index is 0.458. The molecule has 0 radical (unpaired) electrons. The molecule has 9 heteroatoms. The molecule has 0 bridgehead atoms. The number of benzene rings is 1. The Hall–Kier alpha value is -2.26. The smallest absolute Gasteiger partial charge is 0.384 e. The lowest BCUT2D eigenvalue weighted by Gasteiger charge is -2.35. The molecule has 2 heterocycles. The lowest BCUT2D eigenvalue weighted by Crippen LogP contribution is -2.46. The van der Waals surface area contributed by atoms with Gasteiger partial charge in [0.25, 0.3) is 0 Å². The normalized spacial score (nSPS) is 16.0. The van der Waals surface area contributed by atoms with E-state index in [0.29, 0.717) is 29.8 Å². The van der Waals surface area contributed by atoms with Gasteiger partial charge in [-0.15, -0.1) is 0 Å². The molecule has 150 valence electrons. The fourth-order valence-electron chi connectivity index (χ4n) is 2.91. The van der Waals surface area contributed by atoms with Gasteiger partial charge in [0, 0.05) is 50.4 Å². The van der Waals surface area contributed by atoms with Crippen molar-refractivity contribution in [1.82, 2.24) is 14.9 Å². The summed E-state index contributed by atoms with van der Waals surface area (Å²) in [7, 11) is 0. The summed E-state index contributed by atoms with van der Waals surface area (Å²) in [6.45, 7) is 3.86. The van der Waals surface area contributed by atoms with E-state index in [0.717, 1.165) is 31.5 Å². The van der Waals surface area contributed by atoms with Gasteiger partial charge in [0.15, 0.2) is 5.16 Å². The Morgan fingerprint density at radius 1 is 1.11 bits per heavy atom. The third kappa shape index (κ3) is 5.87. The Bertz CT molecular complexity index is 804. The van der Waals surface area contributed by atoms with Crippen molar-refractivity contribution in [3.05, 3.63) is 54.2 Å². The zero-order chi connectivity index (χ0) is 20.0.